The molecular formula is C14H32OSi. The fraction of sp³-hybridized carbons (Fsp3) is 1.00. The molecule has 0 aromatic carbocycles. The second kappa shape index (κ2) is 4.45. The van der Waals surface area contributed by atoms with Crippen molar-refractivity contribution in [3.05, 3.63) is 0 Å². The topological polar surface area (TPSA) is 9.23 Å². The first-order chi connectivity index (χ1) is 6.71. The molecule has 0 aromatic heterocycles. The zero-order valence-corrected chi connectivity index (χ0v) is 14.1. The highest BCUT2D eigenvalue weighted by Crippen LogP contribution is 2.44. The molecule has 2 heteroatoms. The lowest BCUT2D eigenvalue weighted by Crippen LogP contribution is -2.58. The fourth-order valence-corrected chi connectivity index (χ4v) is 3.72. The van der Waals surface area contributed by atoms with Crippen molar-refractivity contribution in [1.82, 2.24) is 0 Å². The highest BCUT2D eigenvalue weighted by atomic mass is 28.3. The predicted octanol–water partition coefficient (Wildman–Crippen LogP) is 4.88. The average molecular weight is 244 g/mol. The first-order valence-corrected chi connectivity index (χ1v) is 9.35. The van der Waals surface area contributed by atoms with Crippen molar-refractivity contribution in [3.63, 3.8) is 0 Å². The molecule has 1 nitrogen and oxygen atoms in total. The van der Waals surface area contributed by atoms with Gasteiger partial charge in [-0.1, -0.05) is 54.6 Å². The standard InChI is InChI=1S/C14H32OSi/c1-12(2,3)11-15-14(7,8)16(9,10)13(4,5)6/h11H2,1-10H3. The summed E-state index contributed by atoms with van der Waals surface area (Å²) in [7, 11) is -1.45. The van der Waals surface area contributed by atoms with Crippen LogP contribution in [0.2, 0.25) is 18.1 Å². The van der Waals surface area contributed by atoms with E-state index in [2.05, 4.69) is 68.5 Å². The van der Waals surface area contributed by atoms with Gasteiger partial charge in [-0.2, -0.15) is 0 Å². The minimum Gasteiger partial charge on any atom is -0.378 e. The highest BCUT2D eigenvalue weighted by Gasteiger charge is 2.48. The van der Waals surface area contributed by atoms with Gasteiger partial charge in [0.2, 0.25) is 0 Å². The maximum absolute atomic E-state index is 6.25. The first kappa shape index (κ1) is 16.2. The molecule has 0 aliphatic rings. The summed E-state index contributed by atoms with van der Waals surface area (Å²) < 4.78 is 6.25. The van der Waals surface area contributed by atoms with Crippen LogP contribution in [0, 0.1) is 5.41 Å². The van der Waals surface area contributed by atoms with Crippen LogP contribution in [-0.2, 0) is 4.74 Å². The quantitative estimate of drug-likeness (QED) is 0.643. The Hall–Kier alpha value is 0.177. The van der Waals surface area contributed by atoms with Gasteiger partial charge in [0.15, 0.2) is 0 Å². The molecule has 0 bridgehead atoms. The molecule has 0 saturated heterocycles. The lowest BCUT2D eigenvalue weighted by atomic mass is 9.99. The van der Waals surface area contributed by atoms with Gasteiger partial charge in [-0.15, -0.1) is 0 Å². The maximum Gasteiger partial charge on any atom is 0.0900 e. The Bertz CT molecular complexity index is 228. The van der Waals surface area contributed by atoms with E-state index in [1.807, 2.05) is 0 Å². The molecule has 0 fully saturated rings. The van der Waals surface area contributed by atoms with E-state index in [4.69, 9.17) is 4.74 Å². The zero-order valence-electron chi connectivity index (χ0n) is 13.1. The van der Waals surface area contributed by atoms with Gasteiger partial charge in [-0.25, -0.2) is 0 Å². The van der Waals surface area contributed by atoms with Crippen LogP contribution in [-0.4, -0.2) is 19.9 Å². The number of ether oxygens (including phenoxy) is 1. The molecule has 16 heavy (non-hydrogen) atoms. The molecule has 0 heterocycles. The molecule has 0 aliphatic carbocycles. The lowest BCUT2D eigenvalue weighted by Gasteiger charge is -2.49. The van der Waals surface area contributed by atoms with Crippen molar-refractivity contribution >= 4 is 8.07 Å². The van der Waals surface area contributed by atoms with Gasteiger partial charge >= 0.3 is 0 Å². The summed E-state index contributed by atoms with van der Waals surface area (Å²) in [5.74, 6) is 0. The molecule has 0 radical (unpaired) electrons. The Morgan fingerprint density at radius 2 is 1.19 bits per heavy atom. The van der Waals surface area contributed by atoms with E-state index in [-0.39, 0.29) is 10.6 Å². The SMILES string of the molecule is CC(C)(C)COC(C)(C)[Si](C)(C)C(C)(C)C. The number of hydrogen-bond acceptors (Lipinski definition) is 1. The Balaban J connectivity index is 4.79. The van der Waals surface area contributed by atoms with Crippen molar-refractivity contribution in [2.24, 2.45) is 5.41 Å². The van der Waals surface area contributed by atoms with Gasteiger partial charge in [-0.05, 0) is 24.3 Å². The Morgan fingerprint density at radius 1 is 0.812 bits per heavy atom. The molecule has 0 N–H and O–H groups in total. The predicted molar refractivity (Wildman–Crippen MR) is 76.7 cm³/mol. The Morgan fingerprint density at radius 3 is 1.44 bits per heavy atom. The molecule has 0 spiro atoms. The zero-order chi connectivity index (χ0) is 13.4. The normalized spacial score (nSPS) is 15.4. The van der Waals surface area contributed by atoms with Crippen LogP contribution in [0.15, 0.2) is 0 Å². The van der Waals surface area contributed by atoms with Crippen LogP contribution in [0.1, 0.15) is 55.4 Å². The van der Waals surface area contributed by atoms with Crippen molar-refractivity contribution in [1.29, 1.82) is 0 Å². The van der Waals surface area contributed by atoms with Gasteiger partial charge < -0.3 is 4.74 Å². The summed E-state index contributed by atoms with van der Waals surface area (Å²) >= 11 is 0. The summed E-state index contributed by atoms with van der Waals surface area (Å²) in [6, 6.07) is 0. The number of rotatable bonds is 3. The molecule has 0 aliphatic heterocycles. The second-order valence-electron chi connectivity index (χ2n) is 8.23. The molecule has 0 aromatic rings. The van der Waals surface area contributed by atoms with E-state index >= 15 is 0 Å². The molecule has 0 atom stereocenters. The lowest BCUT2D eigenvalue weighted by molar-refractivity contribution is -0.00772. The molecular weight excluding hydrogens is 212 g/mol. The summed E-state index contributed by atoms with van der Waals surface area (Å²) in [6.45, 7) is 24.0. The average Bonchev–Trinajstić information content (AvgIpc) is 1.97. The molecule has 0 saturated carbocycles. The van der Waals surface area contributed by atoms with Crippen molar-refractivity contribution in [2.45, 2.75) is 78.7 Å². The van der Waals surface area contributed by atoms with Gasteiger partial charge in [0.05, 0.1) is 19.9 Å². The van der Waals surface area contributed by atoms with Gasteiger partial charge in [0, 0.05) is 0 Å². The van der Waals surface area contributed by atoms with E-state index in [1.165, 1.54) is 0 Å². The largest absolute Gasteiger partial charge is 0.378 e. The Kier molecular flexibility index (Phi) is 4.50. The third kappa shape index (κ3) is 3.88. The van der Waals surface area contributed by atoms with Crippen molar-refractivity contribution in [2.75, 3.05) is 6.61 Å². The fourth-order valence-electron chi connectivity index (χ4n) is 1.48. The van der Waals surface area contributed by atoms with Gasteiger partial charge in [-0.3, -0.25) is 0 Å². The second-order valence-corrected chi connectivity index (χ2v) is 14.2. The third-order valence-corrected chi connectivity index (χ3v) is 11.2. The van der Waals surface area contributed by atoms with Crippen molar-refractivity contribution < 1.29 is 4.74 Å². The molecule has 0 unspecified atom stereocenters. The molecule has 0 rings (SSSR count). The van der Waals surface area contributed by atoms with Gasteiger partial charge in [0.1, 0.15) is 0 Å². The minimum atomic E-state index is -1.45. The van der Waals surface area contributed by atoms with Crippen LogP contribution < -0.4 is 0 Å². The van der Waals surface area contributed by atoms with Crippen LogP contribution in [0.3, 0.4) is 0 Å². The molecule has 98 valence electrons. The van der Waals surface area contributed by atoms with E-state index in [0.717, 1.165) is 6.61 Å². The maximum atomic E-state index is 6.25. The molecule has 0 amide bonds. The third-order valence-electron chi connectivity index (χ3n) is 4.25. The summed E-state index contributed by atoms with van der Waals surface area (Å²) in [5, 5.41) is 0.396. The number of hydrogen-bond donors (Lipinski definition) is 0. The smallest absolute Gasteiger partial charge is 0.0900 e. The highest BCUT2D eigenvalue weighted by molar-refractivity contribution is 6.82. The van der Waals surface area contributed by atoms with Gasteiger partial charge in [0.25, 0.3) is 0 Å². The van der Waals surface area contributed by atoms with E-state index in [9.17, 15) is 0 Å². The van der Waals surface area contributed by atoms with E-state index in [0.29, 0.717) is 5.04 Å². The summed E-state index contributed by atoms with van der Waals surface area (Å²) in [6.07, 6.45) is 0. The summed E-state index contributed by atoms with van der Waals surface area (Å²) in [5.41, 5.74) is 0.250. The minimum absolute atomic E-state index is 0.0263. The van der Waals surface area contributed by atoms with E-state index < -0.39 is 8.07 Å². The van der Waals surface area contributed by atoms with Crippen molar-refractivity contribution in [3.8, 4) is 0 Å². The van der Waals surface area contributed by atoms with E-state index in [1.54, 1.807) is 0 Å². The monoisotopic (exact) mass is 244 g/mol. The van der Waals surface area contributed by atoms with Crippen LogP contribution in [0.25, 0.3) is 0 Å². The first-order valence-electron chi connectivity index (χ1n) is 6.35. The Labute approximate surface area is 104 Å². The summed E-state index contributed by atoms with van der Waals surface area (Å²) in [4.78, 5) is 0. The van der Waals surface area contributed by atoms with Crippen LogP contribution >= 0.6 is 0 Å². The van der Waals surface area contributed by atoms with Crippen LogP contribution in [0.5, 0.6) is 0 Å². The van der Waals surface area contributed by atoms with Crippen LogP contribution in [0.4, 0.5) is 0 Å².